The van der Waals surface area contributed by atoms with E-state index in [4.69, 9.17) is 5.11 Å². The molecule has 5 nitrogen and oxygen atoms in total. The SMILES string of the molecule is CC1(C)CCC(C)(C)c2cc(CC(=O)c3cc(=O)c(C(=O)O)c[nH]3)ccc21. The van der Waals surface area contributed by atoms with E-state index in [9.17, 15) is 14.4 Å². The molecule has 0 atom stereocenters. The molecular formula is C22H25NO4. The number of carboxylic acids is 1. The topological polar surface area (TPSA) is 87.2 Å². The average Bonchev–Trinajstić information content (AvgIpc) is 2.58. The number of H-pyrrole nitrogens is 1. The predicted molar refractivity (Wildman–Crippen MR) is 104 cm³/mol. The van der Waals surface area contributed by atoms with E-state index >= 15 is 0 Å². The molecule has 0 unspecified atom stereocenters. The van der Waals surface area contributed by atoms with Gasteiger partial charge in [-0.15, -0.1) is 0 Å². The van der Waals surface area contributed by atoms with E-state index in [1.165, 1.54) is 11.1 Å². The molecule has 1 aliphatic carbocycles. The molecule has 0 radical (unpaired) electrons. The first-order valence-corrected chi connectivity index (χ1v) is 9.14. The van der Waals surface area contributed by atoms with Crippen LogP contribution in [-0.4, -0.2) is 21.8 Å². The Bertz CT molecular complexity index is 982. The van der Waals surface area contributed by atoms with Gasteiger partial charge in [0, 0.05) is 18.7 Å². The fourth-order valence-corrected chi connectivity index (χ4v) is 3.83. The standard InChI is InChI=1S/C22H25NO4/c1-21(2)7-8-22(3,4)16-9-13(5-6-15(16)21)10-19(25)17-11-18(24)14(12-23-17)20(26)27/h5-6,9,11-12H,7-8,10H2,1-4H3,(H,23,24)(H,26,27). The molecule has 1 aliphatic rings. The number of fused-ring (bicyclic) bond motifs is 1. The van der Waals surface area contributed by atoms with Gasteiger partial charge in [0.15, 0.2) is 11.2 Å². The minimum atomic E-state index is -1.31. The third-order valence-electron chi connectivity index (χ3n) is 5.73. The Morgan fingerprint density at radius 2 is 1.67 bits per heavy atom. The van der Waals surface area contributed by atoms with Crippen molar-refractivity contribution in [2.24, 2.45) is 0 Å². The molecule has 0 amide bonds. The first-order valence-electron chi connectivity index (χ1n) is 9.14. The second kappa shape index (κ2) is 6.48. The molecule has 1 aromatic carbocycles. The molecule has 0 spiro atoms. The Morgan fingerprint density at radius 3 is 2.26 bits per heavy atom. The third-order valence-corrected chi connectivity index (χ3v) is 5.73. The molecule has 2 aromatic rings. The van der Waals surface area contributed by atoms with Gasteiger partial charge in [-0.2, -0.15) is 0 Å². The van der Waals surface area contributed by atoms with Gasteiger partial charge in [-0.25, -0.2) is 4.79 Å². The lowest BCUT2D eigenvalue weighted by atomic mass is 9.63. The Kier molecular flexibility index (Phi) is 4.58. The van der Waals surface area contributed by atoms with Gasteiger partial charge >= 0.3 is 5.97 Å². The number of hydrogen-bond acceptors (Lipinski definition) is 3. The molecule has 27 heavy (non-hydrogen) atoms. The molecule has 0 saturated heterocycles. The molecule has 3 rings (SSSR count). The molecule has 0 bridgehead atoms. The lowest BCUT2D eigenvalue weighted by molar-refractivity contribution is 0.0694. The van der Waals surface area contributed by atoms with Crippen molar-refractivity contribution >= 4 is 11.8 Å². The highest BCUT2D eigenvalue weighted by Crippen LogP contribution is 2.45. The molecule has 1 aromatic heterocycles. The Morgan fingerprint density at radius 1 is 1.04 bits per heavy atom. The number of benzene rings is 1. The van der Waals surface area contributed by atoms with E-state index in [-0.39, 0.29) is 34.3 Å². The second-order valence-electron chi connectivity index (χ2n) is 8.68. The molecule has 0 saturated carbocycles. The summed E-state index contributed by atoms with van der Waals surface area (Å²) in [5, 5.41) is 8.93. The number of aromatic amines is 1. The summed E-state index contributed by atoms with van der Waals surface area (Å²) in [5.41, 5.74) is 2.76. The normalized spacial score (nSPS) is 17.2. The van der Waals surface area contributed by atoms with Crippen LogP contribution in [0.2, 0.25) is 0 Å². The van der Waals surface area contributed by atoms with Gasteiger partial charge in [0.25, 0.3) is 0 Å². The van der Waals surface area contributed by atoms with E-state index < -0.39 is 11.4 Å². The van der Waals surface area contributed by atoms with Crippen molar-refractivity contribution in [3.8, 4) is 0 Å². The van der Waals surface area contributed by atoms with Crippen LogP contribution >= 0.6 is 0 Å². The van der Waals surface area contributed by atoms with Gasteiger partial charge in [0.2, 0.25) is 0 Å². The van der Waals surface area contributed by atoms with Crippen LogP contribution in [0.3, 0.4) is 0 Å². The number of aromatic carboxylic acids is 1. The van der Waals surface area contributed by atoms with Crippen LogP contribution in [0, 0.1) is 0 Å². The minimum Gasteiger partial charge on any atom is -0.477 e. The van der Waals surface area contributed by atoms with Gasteiger partial charge < -0.3 is 10.1 Å². The van der Waals surface area contributed by atoms with Gasteiger partial charge in [0.05, 0.1) is 5.69 Å². The van der Waals surface area contributed by atoms with E-state index in [0.717, 1.165) is 30.7 Å². The van der Waals surface area contributed by atoms with E-state index in [1.807, 2.05) is 6.07 Å². The highest BCUT2D eigenvalue weighted by molar-refractivity contribution is 5.96. The van der Waals surface area contributed by atoms with Crippen LogP contribution in [0.5, 0.6) is 0 Å². The zero-order valence-electron chi connectivity index (χ0n) is 16.2. The third kappa shape index (κ3) is 3.59. The molecular weight excluding hydrogens is 342 g/mol. The summed E-state index contributed by atoms with van der Waals surface area (Å²) in [6, 6.07) is 7.27. The largest absolute Gasteiger partial charge is 0.477 e. The number of nitrogens with one attached hydrogen (secondary N) is 1. The maximum Gasteiger partial charge on any atom is 0.341 e. The van der Waals surface area contributed by atoms with Gasteiger partial charge in [0.1, 0.15) is 5.56 Å². The highest BCUT2D eigenvalue weighted by atomic mass is 16.4. The number of carboxylic acid groups (broad SMARTS) is 1. The number of ketones is 1. The zero-order valence-corrected chi connectivity index (χ0v) is 16.2. The van der Waals surface area contributed by atoms with Crippen LogP contribution in [0.25, 0.3) is 0 Å². The Labute approximate surface area is 158 Å². The van der Waals surface area contributed by atoms with Crippen LogP contribution < -0.4 is 5.43 Å². The molecule has 2 N–H and O–H groups in total. The summed E-state index contributed by atoms with van der Waals surface area (Å²) in [4.78, 5) is 38.0. The number of carbonyl (C=O) groups is 2. The van der Waals surface area contributed by atoms with Crippen molar-refractivity contribution in [2.45, 2.75) is 57.8 Å². The molecule has 5 heteroatoms. The van der Waals surface area contributed by atoms with Gasteiger partial charge in [-0.05, 0) is 40.4 Å². The smallest absolute Gasteiger partial charge is 0.341 e. The summed E-state index contributed by atoms with van der Waals surface area (Å²) < 4.78 is 0. The average molecular weight is 367 g/mol. The minimum absolute atomic E-state index is 0.0569. The van der Waals surface area contributed by atoms with Crippen molar-refractivity contribution in [3.05, 3.63) is 68.6 Å². The maximum absolute atomic E-state index is 12.6. The number of Topliss-reactive ketones (excluding diaryl/α,β-unsaturated/α-hetero) is 1. The predicted octanol–water partition coefficient (Wildman–Crippen LogP) is 3.85. The number of carbonyl (C=O) groups excluding carboxylic acids is 1. The van der Waals surface area contributed by atoms with Crippen LogP contribution in [-0.2, 0) is 17.3 Å². The fraction of sp³-hybridized carbons (Fsp3) is 0.409. The van der Waals surface area contributed by atoms with Crippen LogP contribution in [0.1, 0.15) is 78.1 Å². The first-order chi connectivity index (χ1) is 12.5. The van der Waals surface area contributed by atoms with Crippen LogP contribution in [0.4, 0.5) is 0 Å². The van der Waals surface area contributed by atoms with Crippen molar-refractivity contribution in [3.63, 3.8) is 0 Å². The van der Waals surface area contributed by atoms with Gasteiger partial charge in [-0.1, -0.05) is 45.9 Å². The summed E-state index contributed by atoms with van der Waals surface area (Å²) in [7, 11) is 0. The van der Waals surface area contributed by atoms with Crippen LogP contribution in [0.15, 0.2) is 35.3 Å². The lowest BCUT2D eigenvalue weighted by Gasteiger charge is -2.42. The summed E-state index contributed by atoms with van der Waals surface area (Å²) in [6.45, 7) is 8.96. The molecule has 1 heterocycles. The van der Waals surface area contributed by atoms with Crippen molar-refractivity contribution in [1.29, 1.82) is 0 Å². The molecule has 0 fully saturated rings. The molecule has 142 valence electrons. The number of rotatable bonds is 4. The van der Waals surface area contributed by atoms with Crippen molar-refractivity contribution in [2.75, 3.05) is 0 Å². The maximum atomic E-state index is 12.6. The number of hydrogen-bond donors (Lipinski definition) is 2. The second-order valence-corrected chi connectivity index (χ2v) is 8.68. The quantitative estimate of drug-likeness (QED) is 0.804. The monoisotopic (exact) mass is 367 g/mol. The first kappa shape index (κ1) is 19.1. The van der Waals surface area contributed by atoms with Crippen molar-refractivity contribution < 1.29 is 14.7 Å². The summed E-state index contributed by atoms with van der Waals surface area (Å²) in [6.07, 6.45) is 3.46. The fourth-order valence-electron chi connectivity index (χ4n) is 3.83. The van der Waals surface area contributed by atoms with E-state index in [2.05, 4.69) is 44.8 Å². The number of aromatic nitrogens is 1. The summed E-state index contributed by atoms with van der Waals surface area (Å²) in [5.74, 6) is -1.55. The van der Waals surface area contributed by atoms with Gasteiger partial charge in [-0.3, -0.25) is 9.59 Å². The highest BCUT2D eigenvalue weighted by Gasteiger charge is 2.36. The van der Waals surface area contributed by atoms with Crippen molar-refractivity contribution in [1.82, 2.24) is 4.98 Å². The van der Waals surface area contributed by atoms with E-state index in [0.29, 0.717) is 0 Å². The zero-order chi connectivity index (χ0) is 20.0. The number of pyridine rings is 1. The Hall–Kier alpha value is -2.69. The van der Waals surface area contributed by atoms with E-state index in [1.54, 1.807) is 0 Å². The molecule has 0 aliphatic heterocycles. The summed E-state index contributed by atoms with van der Waals surface area (Å²) >= 11 is 0. The Balaban J connectivity index is 1.91. The lowest BCUT2D eigenvalue weighted by Crippen LogP contribution is -2.34.